The third-order valence-corrected chi connectivity index (χ3v) is 4.10. The van der Waals surface area contributed by atoms with Crippen molar-refractivity contribution in [2.45, 2.75) is 110 Å². The zero-order valence-corrected chi connectivity index (χ0v) is 17.7. The molecular formula is C24H39NO2. The summed E-state index contributed by atoms with van der Waals surface area (Å²) in [5.41, 5.74) is 0. The first kappa shape index (κ1) is 25.5. The molecule has 3 nitrogen and oxygen atoms in total. The fourth-order valence-electron chi connectivity index (χ4n) is 2.49. The first-order valence-corrected chi connectivity index (χ1v) is 10.9. The van der Waals surface area contributed by atoms with Crippen LogP contribution in [0.3, 0.4) is 0 Å². The van der Waals surface area contributed by atoms with Gasteiger partial charge in [0.2, 0.25) is 0 Å². The van der Waals surface area contributed by atoms with E-state index in [0.29, 0.717) is 19.6 Å². The Bertz CT molecular complexity index is 439. The average molecular weight is 374 g/mol. The molecule has 0 fully saturated rings. The molecule has 0 radical (unpaired) electrons. The molecule has 0 amide bonds. The van der Waals surface area contributed by atoms with Crippen molar-refractivity contribution in [2.24, 2.45) is 0 Å². The van der Waals surface area contributed by atoms with Crippen molar-refractivity contribution in [3.8, 4) is 29.8 Å². The minimum atomic E-state index is -0.201. The van der Waals surface area contributed by atoms with Crippen LogP contribution >= 0.6 is 0 Å². The molecule has 0 atom stereocenters. The van der Waals surface area contributed by atoms with E-state index in [9.17, 15) is 0 Å². The van der Waals surface area contributed by atoms with Crippen LogP contribution in [0.1, 0.15) is 104 Å². The largest absolute Gasteiger partial charge is 0.352 e. The fraction of sp³-hybridized carbons (Fsp3) is 0.792. The summed E-state index contributed by atoms with van der Waals surface area (Å²) in [6.45, 7) is 5.62. The minimum absolute atomic E-state index is 0.201. The Morgan fingerprint density at radius 2 is 1.11 bits per heavy atom. The van der Waals surface area contributed by atoms with Crippen molar-refractivity contribution in [3.05, 3.63) is 0 Å². The Kier molecular flexibility index (Phi) is 21.3. The molecule has 0 unspecified atom stereocenters. The van der Waals surface area contributed by atoms with Gasteiger partial charge >= 0.3 is 0 Å². The highest BCUT2D eigenvalue weighted by Gasteiger charge is 2.08. The lowest BCUT2D eigenvalue weighted by Crippen LogP contribution is -2.18. The Labute approximate surface area is 168 Å². The second-order valence-electron chi connectivity index (χ2n) is 6.70. The quantitative estimate of drug-likeness (QED) is 0.179. The Morgan fingerprint density at radius 1 is 0.630 bits per heavy atom. The zero-order valence-electron chi connectivity index (χ0n) is 17.7. The van der Waals surface area contributed by atoms with Gasteiger partial charge in [0, 0.05) is 32.1 Å². The zero-order chi connectivity index (χ0) is 19.8. The van der Waals surface area contributed by atoms with Crippen LogP contribution in [0.4, 0.5) is 0 Å². The van der Waals surface area contributed by atoms with Crippen molar-refractivity contribution >= 4 is 0 Å². The standard InChI is InChI=1S/C24H39NO2/c1-3-5-7-9-11-13-18-22-26-24(20-16-15-17-21-25)27-23-19-14-12-10-8-6-4-2/h24H,3-10,15-20,22-23H2,1-2H3. The number of nitrogens with zero attached hydrogens (tertiary/aromatic N) is 1. The average Bonchev–Trinajstić information content (AvgIpc) is 2.68. The lowest BCUT2D eigenvalue weighted by atomic mass is 10.2. The van der Waals surface area contributed by atoms with E-state index in [2.05, 4.69) is 43.6 Å². The van der Waals surface area contributed by atoms with Crippen LogP contribution in [0, 0.1) is 35.0 Å². The van der Waals surface area contributed by atoms with Crippen LogP contribution in [0.5, 0.6) is 0 Å². The molecule has 0 aromatic heterocycles. The summed E-state index contributed by atoms with van der Waals surface area (Å²) < 4.78 is 11.7. The molecule has 27 heavy (non-hydrogen) atoms. The predicted molar refractivity (Wildman–Crippen MR) is 113 cm³/mol. The fourth-order valence-corrected chi connectivity index (χ4v) is 2.49. The van der Waals surface area contributed by atoms with E-state index in [1.807, 2.05) is 0 Å². The van der Waals surface area contributed by atoms with E-state index >= 15 is 0 Å². The number of hydrogen-bond acceptors (Lipinski definition) is 3. The molecule has 0 bridgehead atoms. The minimum Gasteiger partial charge on any atom is -0.352 e. The Morgan fingerprint density at radius 3 is 1.59 bits per heavy atom. The van der Waals surface area contributed by atoms with E-state index in [4.69, 9.17) is 14.7 Å². The Balaban J connectivity index is 3.97. The number of unbranched alkanes of at least 4 members (excludes halogenated alkanes) is 8. The van der Waals surface area contributed by atoms with Gasteiger partial charge in [-0.2, -0.15) is 5.26 Å². The van der Waals surface area contributed by atoms with Crippen molar-refractivity contribution in [1.82, 2.24) is 0 Å². The smallest absolute Gasteiger partial charge is 0.157 e. The summed E-state index contributed by atoms with van der Waals surface area (Å²) >= 11 is 0. The van der Waals surface area contributed by atoms with Gasteiger partial charge in [0.1, 0.15) is 0 Å². The summed E-state index contributed by atoms with van der Waals surface area (Å²) in [6.07, 6.45) is 13.9. The molecule has 0 aliphatic rings. The number of ether oxygens (including phenoxy) is 2. The number of hydrogen-bond donors (Lipinski definition) is 0. The molecule has 152 valence electrons. The van der Waals surface area contributed by atoms with Crippen molar-refractivity contribution in [3.63, 3.8) is 0 Å². The monoisotopic (exact) mass is 373 g/mol. The van der Waals surface area contributed by atoms with E-state index in [1.165, 1.54) is 38.5 Å². The summed E-state index contributed by atoms with van der Waals surface area (Å²) in [5, 5.41) is 8.64. The van der Waals surface area contributed by atoms with Crippen LogP contribution in [0.2, 0.25) is 0 Å². The maximum atomic E-state index is 8.64. The van der Waals surface area contributed by atoms with Gasteiger partial charge in [-0.15, -0.1) is 23.7 Å². The van der Waals surface area contributed by atoms with Crippen LogP contribution in [-0.4, -0.2) is 19.5 Å². The van der Waals surface area contributed by atoms with Crippen molar-refractivity contribution in [1.29, 1.82) is 5.26 Å². The second kappa shape index (κ2) is 22.6. The highest BCUT2D eigenvalue weighted by atomic mass is 16.7. The van der Waals surface area contributed by atoms with Gasteiger partial charge in [-0.05, 0) is 32.1 Å². The lowest BCUT2D eigenvalue weighted by molar-refractivity contribution is -0.144. The van der Waals surface area contributed by atoms with Gasteiger partial charge in [-0.3, -0.25) is 0 Å². The molecular weight excluding hydrogens is 334 g/mol. The van der Waals surface area contributed by atoms with Crippen molar-refractivity contribution in [2.75, 3.05) is 13.2 Å². The predicted octanol–water partition coefficient (Wildman–Crippen LogP) is 6.38. The molecule has 0 aliphatic carbocycles. The molecule has 0 aromatic rings. The molecule has 0 heterocycles. The third kappa shape index (κ3) is 20.7. The van der Waals surface area contributed by atoms with Gasteiger partial charge in [0.05, 0.1) is 19.3 Å². The lowest BCUT2D eigenvalue weighted by Gasteiger charge is -2.17. The van der Waals surface area contributed by atoms with Crippen LogP contribution < -0.4 is 0 Å². The first-order valence-electron chi connectivity index (χ1n) is 10.9. The van der Waals surface area contributed by atoms with E-state index in [-0.39, 0.29) is 6.29 Å². The van der Waals surface area contributed by atoms with Crippen LogP contribution in [0.15, 0.2) is 0 Å². The topological polar surface area (TPSA) is 42.2 Å². The maximum absolute atomic E-state index is 8.64. The normalized spacial score (nSPS) is 10.0. The van der Waals surface area contributed by atoms with E-state index < -0.39 is 0 Å². The molecule has 0 aromatic carbocycles. The molecule has 0 aliphatic heterocycles. The molecule has 0 N–H and O–H groups in total. The molecule has 0 rings (SSSR count). The second-order valence-corrected chi connectivity index (χ2v) is 6.70. The summed E-state index contributed by atoms with van der Waals surface area (Å²) in [6, 6.07) is 2.18. The van der Waals surface area contributed by atoms with Gasteiger partial charge in [-0.25, -0.2) is 0 Å². The number of nitriles is 1. The van der Waals surface area contributed by atoms with Crippen molar-refractivity contribution < 1.29 is 9.47 Å². The maximum Gasteiger partial charge on any atom is 0.157 e. The third-order valence-electron chi connectivity index (χ3n) is 4.10. The van der Waals surface area contributed by atoms with Crippen LogP contribution in [-0.2, 0) is 9.47 Å². The molecule has 3 heteroatoms. The van der Waals surface area contributed by atoms with E-state index in [1.54, 1.807) is 0 Å². The van der Waals surface area contributed by atoms with E-state index in [0.717, 1.165) is 44.9 Å². The Hall–Kier alpha value is -1.47. The molecule has 0 saturated heterocycles. The highest BCUT2D eigenvalue weighted by molar-refractivity contribution is 4.99. The molecule has 0 spiro atoms. The molecule has 0 saturated carbocycles. The van der Waals surface area contributed by atoms with Crippen LogP contribution in [0.25, 0.3) is 0 Å². The van der Waals surface area contributed by atoms with Gasteiger partial charge < -0.3 is 9.47 Å². The van der Waals surface area contributed by atoms with Gasteiger partial charge in [0.25, 0.3) is 0 Å². The summed E-state index contributed by atoms with van der Waals surface area (Å²) in [7, 11) is 0. The SMILES string of the molecule is CCCCCC#CCCOC(CCCCC#N)OCCC#CCCCCC. The summed E-state index contributed by atoms with van der Waals surface area (Å²) in [5.74, 6) is 12.8. The summed E-state index contributed by atoms with van der Waals surface area (Å²) in [4.78, 5) is 0. The number of rotatable bonds is 16. The first-order chi connectivity index (χ1) is 13.3. The highest BCUT2D eigenvalue weighted by Crippen LogP contribution is 2.09. The van der Waals surface area contributed by atoms with Gasteiger partial charge in [0.15, 0.2) is 6.29 Å². The van der Waals surface area contributed by atoms with Gasteiger partial charge in [-0.1, -0.05) is 39.5 Å².